The maximum absolute atomic E-state index is 12.4. The number of amides is 1. The fourth-order valence-electron chi connectivity index (χ4n) is 3.17. The van der Waals surface area contributed by atoms with Gasteiger partial charge in [-0.15, -0.1) is 0 Å². The van der Waals surface area contributed by atoms with E-state index in [4.69, 9.17) is 0 Å². The summed E-state index contributed by atoms with van der Waals surface area (Å²) in [5, 5.41) is 12.5. The second-order valence-corrected chi connectivity index (χ2v) is 6.51. The van der Waals surface area contributed by atoms with Crippen molar-refractivity contribution in [2.24, 2.45) is 11.3 Å². The van der Waals surface area contributed by atoms with Crippen LogP contribution in [0.5, 0.6) is 0 Å². The highest BCUT2D eigenvalue weighted by Crippen LogP contribution is 2.42. The van der Waals surface area contributed by atoms with Crippen molar-refractivity contribution in [1.29, 1.82) is 0 Å². The molecule has 1 aliphatic carbocycles. The first kappa shape index (κ1) is 15.0. The van der Waals surface area contributed by atoms with Crippen LogP contribution in [-0.2, 0) is 11.2 Å². The molecule has 3 heteroatoms. The maximum atomic E-state index is 12.4. The quantitative estimate of drug-likeness (QED) is 0.867. The molecule has 0 spiro atoms. The van der Waals surface area contributed by atoms with Crippen LogP contribution < -0.4 is 5.32 Å². The van der Waals surface area contributed by atoms with Crippen molar-refractivity contribution in [1.82, 2.24) is 5.32 Å². The lowest BCUT2D eigenvalue weighted by atomic mass is 9.81. The second kappa shape index (κ2) is 6.40. The van der Waals surface area contributed by atoms with E-state index in [1.165, 1.54) is 0 Å². The highest BCUT2D eigenvalue weighted by Gasteiger charge is 2.39. The van der Waals surface area contributed by atoms with E-state index in [1.807, 2.05) is 30.3 Å². The number of carbonyl (C=O) groups is 1. The number of carbonyl (C=O) groups excluding carboxylic acids is 1. The third-order valence-electron chi connectivity index (χ3n) is 4.47. The second-order valence-electron chi connectivity index (χ2n) is 6.51. The number of rotatable bonds is 5. The van der Waals surface area contributed by atoms with Crippen LogP contribution in [0.25, 0.3) is 0 Å². The fraction of sp³-hybridized carbons (Fsp3) is 0.588. The molecule has 0 aliphatic heterocycles. The van der Waals surface area contributed by atoms with Gasteiger partial charge in [0, 0.05) is 5.92 Å². The Balaban J connectivity index is 1.95. The third kappa shape index (κ3) is 3.60. The molecule has 0 aromatic heterocycles. The molecular weight excluding hydrogens is 250 g/mol. The van der Waals surface area contributed by atoms with Gasteiger partial charge in [-0.1, -0.05) is 50.6 Å². The molecule has 1 unspecified atom stereocenters. The van der Waals surface area contributed by atoms with Gasteiger partial charge < -0.3 is 10.4 Å². The molecule has 2 atom stereocenters. The van der Waals surface area contributed by atoms with E-state index in [0.29, 0.717) is 6.42 Å². The zero-order chi connectivity index (χ0) is 14.6. The normalized spacial score (nSPS) is 22.4. The van der Waals surface area contributed by atoms with E-state index in [0.717, 1.165) is 24.8 Å². The zero-order valence-electron chi connectivity index (χ0n) is 12.4. The van der Waals surface area contributed by atoms with E-state index in [2.05, 4.69) is 19.2 Å². The smallest absolute Gasteiger partial charge is 0.223 e. The van der Waals surface area contributed by atoms with Crippen molar-refractivity contribution in [3.63, 3.8) is 0 Å². The molecule has 1 fully saturated rings. The molecule has 1 aliphatic rings. The van der Waals surface area contributed by atoms with E-state index in [9.17, 15) is 9.90 Å². The Labute approximate surface area is 121 Å². The van der Waals surface area contributed by atoms with Crippen LogP contribution in [-0.4, -0.2) is 23.7 Å². The minimum absolute atomic E-state index is 0.0201. The SMILES string of the molecule is CC1(C)CCCC1C(=O)N[C@H](CO)Cc1ccccc1. The highest BCUT2D eigenvalue weighted by molar-refractivity contribution is 5.80. The van der Waals surface area contributed by atoms with Crippen LogP contribution in [0.4, 0.5) is 0 Å². The molecule has 1 aromatic carbocycles. The fourth-order valence-corrected chi connectivity index (χ4v) is 3.17. The molecular formula is C17H25NO2. The summed E-state index contributed by atoms with van der Waals surface area (Å²) < 4.78 is 0. The molecule has 1 saturated carbocycles. The summed E-state index contributed by atoms with van der Waals surface area (Å²) in [6.07, 6.45) is 3.86. The molecule has 0 radical (unpaired) electrons. The molecule has 2 rings (SSSR count). The van der Waals surface area contributed by atoms with Crippen molar-refractivity contribution in [2.45, 2.75) is 45.6 Å². The number of hydrogen-bond donors (Lipinski definition) is 2. The molecule has 20 heavy (non-hydrogen) atoms. The van der Waals surface area contributed by atoms with Crippen molar-refractivity contribution >= 4 is 5.91 Å². The number of aliphatic hydroxyl groups is 1. The highest BCUT2D eigenvalue weighted by atomic mass is 16.3. The first-order chi connectivity index (χ1) is 9.53. The van der Waals surface area contributed by atoms with Crippen molar-refractivity contribution in [2.75, 3.05) is 6.61 Å². The lowest BCUT2D eigenvalue weighted by Gasteiger charge is -2.28. The summed E-state index contributed by atoms with van der Waals surface area (Å²) in [5.41, 5.74) is 1.22. The van der Waals surface area contributed by atoms with Crippen LogP contribution in [0.1, 0.15) is 38.7 Å². The van der Waals surface area contributed by atoms with Crippen LogP contribution in [0.2, 0.25) is 0 Å². The summed E-state index contributed by atoms with van der Waals surface area (Å²) in [4.78, 5) is 12.4. The lowest BCUT2D eigenvalue weighted by molar-refractivity contribution is -0.128. The minimum atomic E-state index is -0.193. The first-order valence-electron chi connectivity index (χ1n) is 7.48. The summed E-state index contributed by atoms with van der Waals surface area (Å²) >= 11 is 0. The predicted molar refractivity (Wildman–Crippen MR) is 80.3 cm³/mol. The summed E-state index contributed by atoms with van der Waals surface area (Å²) in [6, 6.07) is 9.78. The van der Waals surface area contributed by atoms with Gasteiger partial charge >= 0.3 is 0 Å². The Kier molecular flexibility index (Phi) is 4.81. The number of nitrogens with one attached hydrogen (secondary N) is 1. The standard InChI is InChI=1S/C17H25NO2/c1-17(2)10-6-9-15(17)16(20)18-14(12-19)11-13-7-4-3-5-8-13/h3-5,7-8,14-15,19H,6,9-12H2,1-2H3,(H,18,20)/t14-,15?/m0/s1. The minimum Gasteiger partial charge on any atom is -0.394 e. The monoisotopic (exact) mass is 275 g/mol. The van der Waals surface area contributed by atoms with Crippen LogP contribution in [0, 0.1) is 11.3 Å². The van der Waals surface area contributed by atoms with Gasteiger partial charge in [-0.3, -0.25) is 4.79 Å². The van der Waals surface area contributed by atoms with Crippen molar-refractivity contribution in [3.8, 4) is 0 Å². The maximum Gasteiger partial charge on any atom is 0.223 e. The molecule has 0 saturated heterocycles. The Hall–Kier alpha value is -1.35. The van der Waals surface area contributed by atoms with E-state index < -0.39 is 0 Å². The first-order valence-corrected chi connectivity index (χ1v) is 7.48. The lowest BCUT2D eigenvalue weighted by Crippen LogP contribution is -2.44. The third-order valence-corrected chi connectivity index (χ3v) is 4.47. The average molecular weight is 275 g/mol. The van der Waals surface area contributed by atoms with E-state index >= 15 is 0 Å². The zero-order valence-corrected chi connectivity index (χ0v) is 12.4. The van der Waals surface area contributed by atoms with Gasteiger partial charge in [-0.25, -0.2) is 0 Å². The number of aliphatic hydroxyl groups excluding tert-OH is 1. The number of benzene rings is 1. The van der Waals surface area contributed by atoms with Gasteiger partial charge in [0.2, 0.25) is 5.91 Å². The Bertz CT molecular complexity index is 442. The molecule has 110 valence electrons. The van der Waals surface area contributed by atoms with Crippen molar-refractivity contribution < 1.29 is 9.90 Å². The van der Waals surface area contributed by atoms with Gasteiger partial charge in [0.25, 0.3) is 0 Å². The molecule has 1 amide bonds. The molecule has 1 aromatic rings. The molecule has 0 bridgehead atoms. The van der Waals surface area contributed by atoms with Gasteiger partial charge in [0.05, 0.1) is 12.6 Å². The largest absolute Gasteiger partial charge is 0.394 e. The van der Waals surface area contributed by atoms with Gasteiger partial charge in [0.15, 0.2) is 0 Å². The van der Waals surface area contributed by atoms with Crippen LogP contribution >= 0.6 is 0 Å². The summed E-state index contributed by atoms with van der Waals surface area (Å²) in [7, 11) is 0. The Morgan fingerprint density at radius 1 is 1.40 bits per heavy atom. The number of hydrogen-bond acceptors (Lipinski definition) is 2. The summed E-state index contributed by atoms with van der Waals surface area (Å²) in [5.74, 6) is 0.176. The van der Waals surface area contributed by atoms with Gasteiger partial charge in [-0.05, 0) is 30.2 Å². The Morgan fingerprint density at radius 2 is 2.10 bits per heavy atom. The van der Waals surface area contributed by atoms with Crippen LogP contribution in [0.15, 0.2) is 30.3 Å². The van der Waals surface area contributed by atoms with Crippen molar-refractivity contribution in [3.05, 3.63) is 35.9 Å². The van der Waals surface area contributed by atoms with Gasteiger partial charge in [0.1, 0.15) is 0 Å². The summed E-state index contributed by atoms with van der Waals surface area (Å²) in [6.45, 7) is 4.30. The molecule has 3 nitrogen and oxygen atoms in total. The topological polar surface area (TPSA) is 49.3 Å². The molecule has 2 N–H and O–H groups in total. The van der Waals surface area contributed by atoms with E-state index in [1.54, 1.807) is 0 Å². The van der Waals surface area contributed by atoms with Gasteiger partial charge in [-0.2, -0.15) is 0 Å². The Morgan fingerprint density at radius 3 is 2.65 bits per heavy atom. The molecule has 0 heterocycles. The van der Waals surface area contributed by atoms with E-state index in [-0.39, 0.29) is 29.9 Å². The van der Waals surface area contributed by atoms with Crippen LogP contribution in [0.3, 0.4) is 0 Å². The average Bonchev–Trinajstić information content (AvgIpc) is 2.78. The predicted octanol–water partition coefficient (Wildman–Crippen LogP) is 2.53.